The summed E-state index contributed by atoms with van der Waals surface area (Å²) < 4.78 is 5.54. The van der Waals surface area contributed by atoms with Gasteiger partial charge >= 0.3 is 0 Å². The highest BCUT2D eigenvalue weighted by molar-refractivity contribution is 7.19. The van der Waals surface area contributed by atoms with Gasteiger partial charge in [-0.25, -0.2) is 9.97 Å². The van der Waals surface area contributed by atoms with Crippen LogP contribution in [0.25, 0.3) is 10.2 Å². The number of hydrogen-bond donors (Lipinski definition) is 0. The maximum atomic E-state index is 5.54. The average molecular weight is 331 g/mol. The third-order valence-corrected chi connectivity index (χ3v) is 6.36. The Morgan fingerprint density at radius 3 is 2.74 bits per heavy atom. The first-order valence-corrected chi connectivity index (χ1v) is 9.74. The van der Waals surface area contributed by atoms with Crippen molar-refractivity contribution in [3.8, 4) is 0 Å². The van der Waals surface area contributed by atoms with E-state index in [1.165, 1.54) is 47.3 Å². The quantitative estimate of drug-likeness (QED) is 0.854. The molecule has 0 amide bonds. The molecule has 0 spiro atoms. The van der Waals surface area contributed by atoms with Crippen molar-refractivity contribution < 1.29 is 4.74 Å². The third-order valence-electron chi connectivity index (χ3n) is 5.18. The second kappa shape index (κ2) is 6.36. The van der Waals surface area contributed by atoms with Crippen molar-refractivity contribution in [2.24, 2.45) is 0 Å². The Labute approximate surface area is 141 Å². The lowest BCUT2D eigenvalue weighted by atomic mass is 9.96. The minimum absolute atomic E-state index is 0.415. The van der Waals surface area contributed by atoms with Gasteiger partial charge in [0.05, 0.1) is 18.6 Å². The van der Waals surface area contributed by atoms with Gasteiger partial charge in [-0.3, -0.25) is 0 Å². The van der Waals surface area contributed by atoms with Gasteiger partial charge in [-0.15, -0.1) is 11.3 Å². The molecule has 0 saturated carbocycles. The van der Waals surface area contributed by atoms with Crippen LogP contribution in [-0.4, -0.2) is 36.3 Å². The number of aromatic nitrogens is 2. The predicted octanol–water partition coefficient (Wildman–Crippen LogP) is 3.92. The van der Waals surface area contributed by atoms with Crippen molar-refractivity contribution in [1.29, 1.82) is 0 Å². The molecule has 1 aliphatic heterocycles. The Kier molecular flexibility index (Phi) is 4.24. The maximum absolute atomic E-state index is 5.54. The van der Waals surface area contributed by atoms with E-state index in [1.54, 1.807) is 4.88 Å². The summed E-state index contributed by atoms with van der Waals surface area (Å²) >= 11 is 1.91. The number of nitrogens with zero attached hydrogens (tertiary/aromatic N) is 3. The summed E-state index contributed by atoms with van der Waals surface area (Å²) in [6.07, 6.45) is 6.11. The summed E-state index contributed by atoms with van der Waals surface area (Å²) in [4.78, 5) is 15.2. The van der Waals surface area contributed by atoms with Crippen molar-refractivity contribution in [2.75, 3.05) is 31.2 Å². The van der Waals surface area contributed by atoms with Gasteiger partial charge in [0.15, 0.2) is 0 Å². The molecule has 3 heterocycles. The molecule has 124 valence electrons. The van der Waals surface area contributed by atoms with Crippen molar-refractivity contribution in [3.05, 3.63) is 16.3 Å². The SMILES string of the molecule is CCC(C)c1nc(N2CCOCC2)c2c3c(sc2n1)CCCC3. The largest absolute Gasteiger partial charge is 0.378 e. The molecule has 2 aromatic rings. The number of morpholine rings is 1. The highest BCUT2D eigenvalue weighted by atomic mass is 32.1. The first-order chi connectivity index (χ1) is 11.3. The van der Waals surface area contributed by atoms with Crippen LogP contribution in [0.15, 0.2) is 0 Å². The molecule has 23 heavy (non-hydrogen) atoms. The Balaban J connectivity index is 1.89. The Bertz CT molecular complexity index is 706. The zero-order chi connectivity index (χ0) is 15.8. The molecule has 2 aromatic heterocycles. The molecular formula is C18H25N3OS. The second-order valence-corrected chi connectivity index (χ2v) is 7.79. The lowest BCUT2D eigenvalue weighted by molar-refractivity contribution is 0.122. The van der Waals surface area contributed by atoms with Crippen LogP contribution in [0.4, 0.5) is 5.82 Å². The number of ether oxygens (including phenoxy) is 1. The van der Waals surface area contributed by atoms with E-state index in [2.05, 4.69) is 18.7 Å². The minimum atomic E-state index is 0.415. The summed E-state index contributed by atoms with van der Waals surface area (Å²) in [6, 6.07) is 0. The maximum Gasteiger partial charge on any atom is 0.141 e. The topological polar surface area (TPSA) is 38.2 Å². The summed E-state index contributed by atoms with van der Waals surface area (Å²) in [5.41, 5.74) is 1.54. The molecule has 0 N–H and O–H groups in total. The van der Waals surface area contributed by atoms with E-state index in [1.807, 2.05) is 11.3 Å². The summed E-state index contributed by atoms with van der Waals surface area (Å²) in [5.74, 6) is 2.60. The molecule has 1 aliphatic carbocycles. The van der Waals surface area contributed by atoms with E-state index < -0.39 is 0 Å². The van der Waals surface area contributed by atoms with Crippen molar-refractivity contribution >= 4 is 27.4 Å². The van der Waals surface area contributed by atoms with Gasteiger partial charge in [0, 0.05) is 23.9 Å². The molecule has 4 nitrogen and oxygen atoms in total. The first-order valence-electron chi connectivity index (χ1n) is 8.92. The van der Waals surface area contributed by atoms with Gasteiger partial charge in [-0.2, -0.15) is 0 Å². The van der Waals surface area contributed by atoms with Crippen LogP contribution >= 0.6 is 11.3 Å². The monoisotopic (exact) mass is 331 g/mol. The molecule has 1 atom stereocenters. The lowest BCUT2D eigenvalue weighted by Crippen LogP contribution is -2.37. The molecule has 4 rings (SSSR count). The van der Waals surface area contributed by atoms with Gasteiger partial charge < -0.3 is 9.64 Å². The molecule has 1 unspecified atom stereocenters. The summed E-state index contributed by atoms with van der Waals surface area (Å²) in [7, 11) is 0. The van der Waals surface area contributed by atoms with Gasteiger partial charge in [0.25, 0.3) is 0 Å². The van der Waals surface area contributed by atoms with Crippen LogP contribution in [0, 0.1) is 0 Å². The zero-order valence-electron chi connectivity index (χ0n) is 14.1. The van der Waals surface area contributed by atoms with Crippen molar-refractivity contribution in [3.63, 3.8) is 0 Å². The van der Waals surface area contributed by atoms with Gasteiger partial charge in [-0.1, -0.05) is 13.8 Å². The van der Waals surface area contributed by atoms with Crippen molar-refractivity contribution in [2.45, 2.75) is 51.9 Å². The predicted molar refractivity (Wildman–Crippen MR) is 95.8 cm³/mol. The number of thiophene rings is 1. The molecule has 0 aromatic carbocycles. The van der Waals surface area contributed by atoms with E-state index in [0.29, 0.717) is 5.92 Å². The molecular weight excluding hydrogens is 306 g/mol. The third kappa shape index (κ3) is 2.74. The minimum Gasteiger partial charge on any atom is -0.378 e. The first kappa shape index (κ1) is 15.3. The summed E-state index contributed by atoms with van der Waals surface area (Å²) in [5, 5.41) is 1.35. The average Bonchev–Trinajstić information content (AvgIpc) is 2.99. The second-order valence-electron chi connectivity index (χ2n) is 6.71. The van der Waals surface area contributed by atoms with Crippen LogP contribution in [0.5, 0.6) is 0 Å². The van der Waals surface area contributed by atoms with Gasteiger partial charge in [0.2, 0.25) is 0 Å². The van der Waals surface area contributed by atoms with Gasteiger partial charge in [0.1, 0.15) is 16.5 Å². The highest BCUT2D eigenvalue weighted by Gasteiger charge is 2.25. The highest BCUT2D eigenvalue weighted by Crippen LogP contribution is 2.40. The van der Waals surface area contributed by atoms with Gasteiger partial charge in [-0.05, 0) is 37.7 Å². The Morgan fingerprint density at radius 2 is 1.96 bits per heavy atom. The fourth-order valence-electron chi connectivity index (χ4n) is 3.56. The van der Waals surface area contributed by atoms with E-state index in [0.717, 1.165) is 38.5 Å². The number of fused-ring (bicyclic) bond motifs is 3. The van der Waals surface area contributed by atoms with E-state index in [-0.39, 0.29) is 0 Å². The summed E-state index contributed by atoms with van der Waals surface area (Å²) in [6.45, 7) is 7.93. The number of rotatable bonds is 3. The molecule has 1 saturated heterocycles. The molecule has 0 bridgehead atoms. The van der Waals surface area contributed by atoms with Crippen LogP contribution in [0.1, 0.15) is 55.3 Å². The fourth-order valence-corrected chi connectivity index (χ4v) is 4.82. The molecule has 2 aliphatic rings. The molecule has 5 heteroatoms. The fraction of sp³-hybridized carbons (Fsp3) is 0.667. The lowest BCUT2D eigenvalue weighted by Gasteiger charge is -2.29. The number of aryl methyl sites for hydroxylation is 2. The standard InChI is InChI=1S/C18H25N3OS/c1-3-12(2)16-19-17(21-8-10-22-11-9-21)15-13-6-4-5-7-14(13)23-18(15)20-16/h12H,3-11H2,1-2H3. The van der Waals surface area contributed by atoms with Crippen molar-refractivity contribution in [1.82, 2.24) is 9.97 Å². The van der Waals surface area contributed by atoms with Crippen LogP contribution < -0.4 is 4.90 Å². The van der Waals surface area contributed by atoms with Crippen LogP contribution in [0.3, 0.4) is 0 Å². The normalized spacial score (nSPS) is 19.8. The van der Waals surface area contributed by atoms with Crippen LogP contribution in [0.2, 0.25) is 0 Å². The smallest absolute Gasteiger partial charge is 0.141 e. The van der Waals surface area contributed by atoms with E-state index in [4.69, 9.17) is 14.7 Å². The number of anilines is 1. The van der Waals surface area contributed by atoms with Crippen LogP contribution in [-0.2, 0) is 17.6 Å². The molecule has 0 radical (unpaired) electrons. The zero-order valence-corrected chi connectivity index (χ0v) is 14.9. The Hall–Kier alpha value is -1.20. The van der Waals surface area contributed by atoms with E-state index >= 15 is 0 Å². The molecule has 1 fully saturated rings. The Morgan fingerprint density at radius 1 is 1.17 bits per heavy atom. The number of hydrogen-bond acceptors (Lipinski definition) is 5. The van der Waals surface area contributed by atoms with E-state index in [9.17, 15) is 0 Å².